The highest BCUT2D eigenvalue weighted by molar-refractivity contribution is 5.82. The zero-order chi connectivity index (χ0) is 17.7. The number of amides is 1. The number of likely N-dealkylation sites (N-methyl/N-ethyl adjacent to an activating group) is 1. The maximum Gasteiger partial charge on any atom is 0.239 e. The topological polar surface area (TPSA) is 49.6 Å². The Kier molecular flexibility index (Phi) is 6.75. The average molecular weight is 335 g/mol. The minimum atomic E-state index is -0.228. The van der Waals surface area contributed by atoms with E-state index in [2.05, 4.69) is 18.7 Å². The van der Waals surface area contributed by atoms with Gasteiger partial charge in [0.1, 0.15) is 5.82 Å². The van der Waals surface area contributed by atoms with Crippen molar-refractivity contribution in [2.75, 3.05) is 20.1 Å². The van der Waals surface area contributed by atoms with Gasteiger partial charge in [-0.3, -0.25) is 9.69 Å². The SMILES string of the molecule is CC(C)C(N)CCN(C)C(=O)C1CCCN1Cc1ccc(F)cc1. The summed E-state index contributed by atoms with van der Waals surface area (Å²) in [5.41, 5.74) is 7.12. The van der Waals surface area contributed by atoms with E-state index in [0.29, 0.717) is 19.0 Å². The van der Waals surface area contributed by atoms with Crippen molar-refractivity contribution >= 4 is 5.91 Å². The van der Waals surface area contributed by atoms with Gasteiger partial charge in [0.15, 0.2) is 0 Å². The Hall–Kier alpha value is -1.46. The van der Waals surface area contributed by atoms with Crippen LogP contribution in [0.25, 0.3) is 0 Å². The first kappa shape index (κ1) is 18.9. The second-order valence-corrected chi connectivity index (χ2v) is 7.21. The molecule has 134 valence electrons. The lowest BCUT2D eigenvalue weighted by atomic mass is 10.0. The molecule has 0 bridgehead atoms. The van der Waals surface area contributed by atoms with Crippen LogP contribution in [0, 0.1) is 11.7 Å². The van der Waals surface area contributed by atoms with Crippen molar-refractivity contribution in [2.45, 2.75) is 51.7 Å². The largest absolute Gasteiger partial charge is 0.344 e. The number of hydrogen-bond donors (Lipinski definition) is 1. The maximum absolute atomic E-state index is 13.0. The summed E-state index contributed by atoms with van der Waals surface area (Å²) >= 11 is 0. The van der Waals surface area contributed by atoms with Crippen LogP contribution < -0.4 is 5.73 Å². The van der Waals surface area contributed by atoms with Crippen LogP contribution in [0.3, 0.4) is 0 Å². The van der Waals surface area contributed by atoms with Crippen molar-refractivity contribution in [3.63, 3.8) is 0 Å². The minimum absolute atomic E-state index is 0.0738. The van der Waals surface area contributed by atoms with E-state index in [4.69, 9.17) is 5.73 Å². The Morgan fingerprint density at radius 2 is 2.04 bits per heavy atom. The summed E-state index contributed by atoms with van der Waals surface area (Å²) in [5, 5.41) is 0. The molecule has 5 heteroatoms. The van der Waals surface area contributed by atoms with Crippen molar-refractivity contribution in [3.8, 4) is 0 Å². The van der Waals surface area contributed by atoms with Crippen molar-refractivity contribution < 1.29 is 9.18 Å². The lowest BCUT2D eigenvalue weighted by Gasteiger charge is -2.29. The van der Waals surface area contributed by atoms with Crippen molar-refractivity contribution in [1.29, 1.82) is 0 Å². The monoisotopic (exact) mass is 335 g/mol. The van der Waals surface area contributed by atoms with Crippen LogP contribution >= 0.6 is 0 Å². The Labute approximate surface area is 144 Å². The highest BCUT2D eigenvalue weighted by Gasteiger charge is 2.32. The van der Waals surface area contributed by atoms with Gasteiger partial charge in [-0.15, -0.1) is 0 Å². The van der Waals surface area contributed by atoms with E-state index in [1.54, 1.807) is 12.1 Å². The molecule has 1 aliphatic rings. The molecule has 1 aliphatic heterocycles. The number of halogens is 1. The number of rotatable bonds is 7. The van der Waals surface area contributed by atoms with Crippen LogP contribution in [-0.2, 0) is 11.3 Å². The summed E-state index contributed by atoms with van der Waals surface area (Å²) in [5.74, 6) is 0.370. The molecule has 1 amide bonds. The van der Waals surface area contributed by atoms with Crippen LogP contribution in [0.2, 0.25) is 0 Å². The first-order valence-corrected chi connectivity index (χ1v) is 8.87. The van der Waals surface area contributed by atoms with Gasteiger partial charge in [0.25, 0.3) is 0 Å². The predicted molar refractivity (Wildman–Crippen MR) is 94.9 cm³/mol. The fourth-order valence-corrected chi connectivity index (χ4v) is 3.16. The Balaban J connectivity index is 1.91. The van der Waals surface area contributed by atoms with Crippen molar-refractivity contribution in [1.82, 2.24) is 9.80 Å². The smallest absolute Gasteiger partial charge is 0.239 e. The Morgan fingerprint density at radius 1 is 1.38 bits per heavy atom. The molecule has 24 heavy (non-hydrogen) atoms. The van der Waals surface area contributed by atoms with E-state index in [1.807, 2.05) is 11.9 Å². The lowest BCUT2D eigenvalue weighted by molar-refractivity contribution is -0.134. The number of nitrogens with two attached hydrogens (primary N) is 1. The molecule has 2 atom stereocenters. The zero-order valence-electron chi connectivity index (χ0n) is 15.0. The summed E-state index contributed by atoms with van der Waals surface area (Å²) in [7, 11) is 1.86. The molecular weight excluding hydrogens is 305 g/mol. The summed E-state index contributed by atoms with van der Waals surface area (Å²) in [4.78, 5) is 16.8. The molecule has 0 spiro atoms. The summed E-state index contributed by atoms with van der Waals surface area (Å²) < 4.78 is 13.0. The highest BCUT2D eigenvalue weighted by Crippen LogP contribution is 2.22. The molecule has 0 radical (unpaired) electrons. The molecule has 2 rings (SSSR count). The maximum atomic E-state index is 13.0. The summed E-state index contributed by atoms with van der Waals surface area (Å²) in [6, 6.07) is 6.58. The van der Waals surface area contributed by atoms with Crippen LogP contribution in [0.15, 0.2) is 24.3 Å². The van der Waals surface area contributed by atoms with E-state index in [-0.39, 0.29) is 23.8 Å². The fourth-order valence-electron chi connectivity index (χ4n) is 3.16. The van der Waals surface area contributed by atoms with Gasteiger partial charge >= 0.3 is 0 Å². The molecular formula is C19H30FN3O. The van der Waals surface area contributed by atoms with Gasteiger partial charge in [-0.05, 0) is 49.4 Å². The number of hydrogen-bond acceptors (Lipinski definition) is 3. The Morgan fingerprint density at radius 3 is 2.67 bits per heavy atom. The third kappa shape index (κ3) is 5.02. The van der Waals surface area contributed by atoms with Crippen LogP contribution in [0.5, 0.6) is 0 Å². The number of carbonyl (C=O) groups excluding carboxylic acids is 1. The van der Waals surface area contributed by atoms with Crippen LogP contribution in [-0.4, -0.2) is 47.9 Å². The summed E-state index contributed by atoms with van der Waals surface area (Å²) in [6.45, 7) is 6.50. The van der Waals surface area contributed by atoms with Gasteiger partial charge in [-0.2, -0.15) is 0 Å². The quantitative estimate of drug-likeness (QED) is 0.833. The normalized spacial score (nSPS) is 19.7. The first-order valence-electron chi connectivity index (χ1n) is 8.87. The van der Waals surface area contributed by atoms with Gasteiger partial charge < -0.3 is 10.6 Å². The molecule has 1 aromatic rings. The molecule has 0 aromatic heterocycles. The molecule has 1 heterocycles. The number of benzene rings is 1. The molecule has 1 fully saturated rings. The third-order valence-corrected chi connectivity index (χ3v) is 4.98. The van der Waals surface area contributed by atoms with E-state index < -0.39 is 0 Å². The van der Waals surface area contributed by atoms with E-state index in [9.17, 15) is 9.18 Å². The van der Waals surface area contributed by atoms with Gasteiger partial charge in [0.05, 0.1) is 6.04 Å². The molecule has 4 nitrogen and oxygen atoms in total. The van der Waals surface area contributed by atoms with Gasteiger partial charge in [-0.25, -0.2) is 4.39 Å². The highest BCUT2D eigenvalue weighted by atomic mass is 19.1. The van der Waals surface area contributed by atoms with Crippen LogP contribution in [0.1, 0.15) is 38.7 Å². The molecule has 0 saturated carbocycles. The minimum Gasteiger partial charge on any atom is -0.344 e. The average Bonchev–Trinajstić information content (AvgIpc) is 3.01. The first-order chi connectivity index (χ1) is 11.4. The fraction of sp³-hybridized carbons (Fsp3) is 0.632. The van der Waals surface area contributed by atoms with Crippen LogP contribution in [0.4, 0.5) is 4.39 Å². The number of nitrogens with zero attached hydrogens (tertiary/aromatic N) is 2. The van der Waals surface area contributed by atoms with E-state index >= 15 is 0 Å². The summed E-state index contributed by atoms with van der Waals surface area (Å²) in [6.07, 6.45) is 2.74. The molecule has 2 unspecified atom stereocenters. The molecule has 0 aliphatic carbocycles. The molecule has 1 saturated heterocycles. The molecule has 2 N–H and O–H groups in total. The van der Waals surface area contributed by atoms with Crippen molar-refractivity contribution in [2.24, 2.45) is 11.7 Å². The van der Waals surface area contributed by atoms with E-state index in [1.165, 1.54) is 12.1 Å². The third-order valence-electron chi connectivity index (χ3n) is 4.98. The number of carbonyl (C=O) groups is 1. The van der Waals surface area contributed by atoms with E-state index in [0.717, 1.165) is 31.4 Å². The lowest BCUT2D eigenvalue weighted by Crippen LogP contribution is -2.45. The van der Waals surface area contributed by atoms with Gasteiger partial charge in [0.2, 0.25) is 5.91 Å². The zero-order valence-corrected chi connectivity index (χ0v) is 15.0. The van der Waals surface area contributed by atoms with Gasteiger partial charge in [-0.1, -0.05) is 26.0 Å². The second kappa shape index (κ2) is 8.58. The standard InChI is InChI=1S/C19H30FN3O/c1-14(2)17(21)10-12-22(3)19(24)18-5-4-11-23(18)13-15-6-8-16(20)9-7-15/h6-9,14,17-18H,4-5,10-13,21H2,1-3H3. The number of likely N-dealkylation sites (tertiary alicyclic amines) is 1. The Bertz CT molecular complexity index is 532. The van der Waals surface area contributed by atoms with Gasteiger partial charge in [0, 0.05) is 26.2 Å². The van der Waals surface area contributed by atoms with Crippen molar-refractivity contribution in [3.05, 3.63) is 35.6 Å². The molecule has 1 aromatic carbocycles. The predicted octanol–water partition coefficient (Wildman–Crippen LogP) is 2.62. The second-order valence-electron chi connectivity index (χ2n) is 7.21.